The van der Waals surface area contributed by atoms with Crippen molar-refractivity contribution in [3.8, 4) is 11.1 Å². The van der Waals surface area contributed by atoms with Gasteiger partial charge in [-0.15, -0.1) is 0 Å². The maximum absolute atomic E-state index is 15.1. The predicted octanol–water partition coefficient (Wildman–Crippen LogP) is 7.99. The molecule has 3 saturated carbocycles. The van der Waals surface area contributed by atoms with Gasteiger partial charge in [0.2, 0.25) is 5.95 Å². The maximum Gasteiger partial charge on any atom is 0.223 e. The first-order valence-corrected chi connectivity index (χ1v) is 14.4. The SMILES string of the molecule is CCc1cc(-c2ccc(NSc3ccccc3Cl)c(F)c2)cc2cnc(NC34CCC(N)(CC3)CC4)nc12. The van der Waals surface area contributed by atoms with Crippen LogP contribution in [0.5, 0.6) is 0 Å². The van der Waals surface area contributed by atoms with Gasteiger partial charge in [0.25, 0.3) is 0 Å². The highest BCUT2D eigenvalue weighted by molar-refractivity contribution is 8.00. The highest BCUT2D eigenvalue weighted by Crippen LogP contribution is 2.47. The molecule has 0 spiro atoms. The van der Waals surface area contributed by atoms with Gasteiger partial charge in [-0.05, 0) is 110 Å². The predicted molar refractivity (Wildman–Crippen MR) is 156 cm³/mol. The van der Waals surface area contributed by atoms with E-state index in [1.54, 1.807) is 12.1 Å². The first kappa shape index (κ1) is 25.4. The third-order valence-corrected chi connectivity index (χ3v) is 9.57. The molecular formula is C30H31ClFN5S. The van der Waals surface area contributed by atoms with Crippen molar-refractivity contribution in [2.45, 2.75) is 67.8 Å². The molecule has 3 aromatic carbocycles. The Hall–Kier alpha value is -2.87. The Morgan fingerprint density at radius 2 is 1.76 bits per heavy atom. The van der Waals surface area contributed by atoms with Crippen LogP contribution >= 0.6 is 23.5 Å². The Kier molecular flexibility index (Phi) is 6.70. The van der Waals surface area contributed by atoms with Gasteiger partial charge in [0, 0.05) is 27.6 Å². The molecule has 0 unspecified atom stereocenters. The molecule has 0 radical (unpaired) electrons. The number of aromatic nitrogens is 2. The van der Waals surface area contributed by atoms with Gasteiger partial charge in [0.05, 0.1) is 16.2 Å². The van der Waals surface area contributed by atoms with Gasteiger partial charge in [-0.3, -0.25) is 0 Å². The van der Waals surface area contributed by atoms with Crippen LogP contribution in [0.2, 0.25) is 5.02 Å². The lowest BCUT2D eigenvalue weighted by Crippen LogP contribution is -2.57. The van der Waals surface area contributed by atoms with Crippen LogP contribution in [0.1, 0.15) is 51.0 Å². The fourth-order valence-corrected chi connectivity index (χ4v) is 6.72. The minimum Gasteiger partial charge on any atom is -0.349 e. The van der Waals surface area contributed by atoms with Crippen LogP contribution in [-0.4, -0.2) is 21.0 Å². The first-order valence-electron chi connectivity index (χ1n) is 13.2. The Labute approximate surface area is 231 Å². The van der Waals surface area contributed by atoms with Crippen molar-refractivity contribution < 1.29 is 4.39 Å². The number of halogens is 2. The van der Waals surface area contributed by atoms with E-state index >= 15 is 4.39 Å². The lowest BCUT2D eigenvalue weighted by atomic mass is 9.62. The molecule has 1 heterocycles. The summed E-state index contributed by atoms with van der Waals surface area (Å²) in [5.74, 6) is 0.362. The average Bonchev–Trinajstić information content (AvgIpc) is 2.93. The van der Waals surface area contributed by atoms with Crippen LogP contribution in [0, 0.1) is 5.82 Å². The zero-order valence-corrected chi connectivity index (χ0v) is 22.9. The van der Waals surface area contributed by atoms with Gasteiger partial charge in [-0.2, -0.15) is 0 Å². The van der Waals surface area contributed by atoms with Crippen LogP contribution < -0.4 is 15.8 Å². The molecule has 2 bridgehead atoms. The molecule has 3 fully saturated rings. The molecule has 3 aliphatic carbocycles. The number of anilines is 2. The molecule has 5 nitrogen and oxygen atoms in total. The van der Waals surface area contributed by atoms with Crippen LogP contribution in [0.25, 0.3) is 22.0 Å². The molecular weight excluding hydrogens is 517 g/mol. The smallest absolute Gasteiger partial charge is 0.223 e. The summed E-state index contributed by atoms with van der Waals surface area (Å²) in [5, 5.41) is 5.26. The Morgan fingerprint density at radius 3 is 2.47 bits per heavy atom. The quantitative estimate of drug-likeness (QED) is 0.204. The van der Waals surface area contributed by atoms with Crippen molar-refractivity contribution in [3.63, 3.8) is 0 Å². The van der Waals surface area contributed by atoms with Gasteiger partial charge in [0.15, 0.2) is 0 Å². The molecule has 3 aliphatic rings. The van der Waals surface area contributed by atoms with E-state index in [0.29, 0.717) is 16.7 Å². The van der Waals surface area contributed by atoms with E-state index in [2.05, 4.69) is 28.0 Å². The minimum absolute atomic E-state index is 0.0294. The van der Waals surface area contributed by atoms with E-state index < -0.39 is 0 Å². The third-order valence-electron chi connectivity index (χ3n) is 8.23. The number of nitrogens with one attached hydrogen (secondary N) is 2. The summed E-state index contributed by atoms with van der Waals surface area (Å²) in [5.41, 5.74) is 10.8. The summed E-state index contributed by atoms with van der Waals surface area (Å²) in [4.78, 5) is 10.5. The molecule has 0 saturated heterocycles. The fourth-order valence-electron chi connectivity index (χ4n) is 5.77. The highest BCUT2D eigenvalue weighted by atomic mass is 35.5. The van der Waals surface area contributed by atoms with Gasteiger partial charge in [-0.25, -0.2) is 14.4 Å². The van der Waals surface area contributed by atoms with Gasteiger partial charge in [0.1, 0.15) is 5.82 Å². The topological polar surface area (TPSA) is 75.9 Å². The molecule has 8 heteroatoms. The largest absolute Gasteiger partial charge is 0.349 e. The number of hydrogen-bond acceptors (Lipinski definition) is 6. The summed E-state index contributed by atoms with van der Waals surface area (Å²) in [7, 11) is 0. The zero-order valence-electron chi connectivity index (χ0n) is 21.4. The standard InChI is InChI=1S/C30H31ClFN5S/c1-2-19-15-21(20-7-8-25(24(32)17-20)37-38-26-6-4-3-5-23(26)31)16-22-18-34-28(35-27(19)22)36-30-12-9-29(33,10-13-30)11-14-30/h3-8,15-18,37H,2,9-14,33H2,1H3,(H,34,35,36). The van der Waals surface area contributed by atoms with E-state index in [1.165, 1.54) is 11.9 Å². The Bertz CT molecular complexity index is 1490. The van der Waals surface area contributed by atoms with Crippen molar-refractivity contribution in [2.24, 2.45) is 5.73 Å². The van der Waals surface area contributed by atoms with E-state index in [0.717, 1.165) is 77.4 Å². The molecule has 0 aliphatic heterocycles. The normalized spacial score (nSPS) is 22.5. The Morgan fingerprint density at radius 1 is 1.00 bits per heavy atom. The zero-order chi connectivity index (χ0) is 26.3. The Balaban J connectivity index is 1.24. The highest BCUT2D eigenvalue weighted by Gasteiger charge is 2.47. The van der Waals surface area contributed by atoms with Crippen molar-refractivity contribution in [3.05, 3.63) is 77.2 Å². The molecule has 38 heavy (non-hydrogen) atoms. The van der Waals surface area contributed by atoms with Gasteiger partial charge in [-0.1, -0.05) is 36.7 Å². The molecule has 196 valence electrons. The average molecular weight is 548 g/mol. The van der Waals surface area contributed by atoms with Crippen molar-refractivity contribution in [1.29, 1.82) is 0 Å². The van der Waals surface area contributed by atoms with Crippen molar-refractivity contribution in [2.75, 3.05) is 10.0 Å². The number of nitrogens with two attached hydrogens (primary N) is 1. The van der Waals surface area contributed by atoms with Crippen LogP contribution in [0.3, 0.4) is 0 Å². The summed E-state index contributed by atoms with van der Waals surface area (Å²) in [6.45, 7) is 2.12. The van der Waals surface area contributed by atoms with Crippen LogP contribution in [0.4, 0.5) is 16.0 Å². The second-order valence-electron chi connectivity index (χ2n) is 10.7. The summed E-state index contributed by atoms with van der Waals surface area (Å²) < 4.78 is 18.1. The number of rotatable bonds is 7. The van der Waals surface area contributed by atoms with E-state index in [9.17, 15) is 0 Å². The van der Waals surface area contributed by atoms with E-state index in [1.807, 2.05) is 42.6 Å². The number of benzene rings is 3. The molecule has 4 N–H and O–H groups in total. The molecule has 0 atom stereocenters. The molecule has 0 amide bonds. The van der Waals surface area contributed by atoms with Crippen molar-refractivity contribution in [1.82, 2.24) is 9.97 Å². The second-order valence-corrected chi connectivity index (χ2v) is 12.0. The monoisotopic (exact) mass is 547 g/mol. The minimum atomic E-state index is -0.322. The lowest BCUT2D eigenvalue weighted by Gasteiger charge is -2.52. The van der Waals surface area contributed by atoms with E-state index in [4.69, 9.17) is 22.3 Å². The number of nitrogens with zero attached hydrogens (tertiary/aromatic N) is 2. The summed E-state index contributed by atoms with van der Waals surface area (Å²) >= 11 is 7.51. The second kappa shape index (κ2) is 10.0. The van der Waals surface area contributed by atoms with Gasteiger partial charge >= 0.3 is 0 Å². The summed E-state index contributed by atoms with van der Waals surface area (Å²) in [6.07, 6.45) is 9.07. The lowest BCUT2D eigenvalue weighted by molar-refractivity contribution is 0.126. The fraction of sp³-hybridized carbons (Fsp3) is 0.333. The van der Waals surface area contributed by atoms with Gasteiger partial charge < -0.3 is 15.8 Å². The first-order chi connectivity index (χ1) is 18.4. The summed E-state index contributed by atoms with van der Waals surface area (Å²) in [6, 6.07) is 16.9. The number of aryl methyl sites for hydroxylation is 1. The molecule has 7 rings (SSSR count). The molecule has 4 aromatic rings. The van der Waals surface area contributed by atoms with E-state index in [-0.39, 0.29) is 16.9 Å². The third kappa shape index (κ3) is 4.95. The molecule has 1 aromatic heterocycles. The number of fused-ring (bicyclic) bond motifs is 4. The number of hydrogen-bond donors (Lipinski definition) is 3. The van der Waals surface area contributed by atoms with Crippen LogP contribution in [0.15, 0.2) is 65.7 Å². The van der Waals surface area contributed by atoms with Crippen LogP contribution in [-0.2, 0) is 6.42 Å². The maximum atomic E-state index is 15.1. The van der Waals surface area contributed by atoms with Crippen molar-refractivity contribution >= 4 is 46.1 Å².